The highest BCUT2D eigenvalue weighted by Gasteiger charge is 2.29. The van der Waals surface area contributed by atoms with Gasteiger partial charge in [-0.25, -0.2) is 9.97 Å². The van der Waals surface area contributed by atoms with Crippen LogP contribution in [0.15, 0.2) is 24.4 Å². The number of nitrogens with two attached hydrogens (primary N) is 1. The van der Waals surface area contributed by atoms with Gasteiger partial charge in [0, 0.05) is 18.0 Å². The maximum atomic E-state index is 11.7. The molecular formula is C22H27Cl2N7O. The van der Waals surface area contributed by atoms with Gasteiger partial charge in [-0.3, -0.25) is 9.36 Å². The number of carbonyl (C=O) groups is 1. The number of primary amides is 1. The third-order valence-electron chi connectivity index (χ3n) is 6.08. The van der Waals surface area contributed by atoms with E-state index < -0.39 is 0 Å². The van der Waals surface area contributed by atoms with Crippen LogP contribution >= 0.6 is 23.2 Å². The van der Waals surface area contributed by atoms with Gasteiger partial charge in [-0.15, -0.1) is 0 Å². The zero-order valence-corrected chi connectivity index (χ0v) is 19.6. The lowest BCUT2D eigenvalue weighted by atomic mass is 9.85. The lowest BCUT2D eigenvalue weighted by Crippen LogP contribution is -2.28. The molecule has 1 aromatic carbocycles. The Morgan fingerprint density at radius 3 is 2.53 bits per heavy atom. The molecule has 1 amide bonds. The molecule has 1 atom stereocenters. The summed E-state index contributed by atoms with van der Waals surface area (Å²) in [7, 11) is 0. The first-order valence-electron chi connectivity index (χ1n) is 10.9. The summed E-state index contributed by atoms with van der Waals surface area (Å²) in [5.41, 5.74) is 7.52. The van der Waals surface area contributed by atoms with Crippen LogP contribution in [0.4, 0.5) is 17.6 Å². The van der Waals surface area contributed by atoms with Crippen LogP contribution in [0.1, 0.15) is 52.0 Å². The molecule has 1 aliphatic rings. The van der Waals surface area contributed by atoms with Gasteiger partial charge in [-0.2, -0.15) is 4.98 Å². The topological polar surface area (TPSA) is 111 Å². The Morgan fingerprint density at radius 2 is 1.91 bits per heavy atom. The third-order valence-corrected chi connectivity index (χ3v) is 6.71. The van der Waals surface area contributed by atoms with Crippen LogP contribution in [0.3, 0.4) is 0 Å². The van der Waals surface area contributed by atoms with Crippen molar-refractivity contribution in [3.05, 3.63) is 34.4 Å². The van der Waals surface area contributed by atoms with Crippen LogP contribution in [0.5, 0.6) is 0 Å². The number of para-hydroxylation sites is 1. The molecule has 1 saturated carbocycles. The second-order valence-corrected chi connectivity index (χ2v) is 9.11. The SMILES string of the molecule is CCC(C)Nc1ncc2nc(Nc3c(Cl)cccc3Cl)n(C3CCC(C(N)=O)CC3)c2n1. The Labute approximate surface area is 196 Å². The summed E-state index contributed by atoms with van der Waals surface area (Å²) in [5, 5.41) is 7.63. The third kappa shape index (κ3) is 4.61. The minimum atomic E-state index is -0.234. The molecule has 0 aliphatic heterocycles. The van der Waals surface area contributed by atoms with E-state index >= 15 is 0 Å². The van der Waals surface area contributed by atoms with E-state index in [0.29, 0.717) is 33.1 Å². The molecule has 1 unspecified atom stereocenters. The lowest BCUT2D eigenvalue weighted by Gasteiger charge is -2.29. The molecule has 4 N–H and O–H groups in total. The van der Waals surface area contributed by atoms with E-state index in [-0.39, 0.29) is 23.9 Å². The number of nitrogens with one attached hydrogen (secondary N) is 2. The quantitative estimate of drug-likeness (QED) is 0.427. The van der Waals surface area contributed by atoms with Crippen LogP contribution in [0, 0.1) is 5.92 Å². The number of halogens is 2. The number of anilines is 3. The van der Waals surface area contributed by atoms with Gasteiger partial charge in [0.1, 0.15) is 5.52 Å². The van der Waals surface area contributed by atoms with Crippen molar-refractivity contribution >= 4 is 57.9 Å². The van der Waals surface area contributed by atoms with E-state index in [1.165, 1.54) is 0 Å². The van der Waals surface area contributed by atoms with Crippen LogP contribution < -0.4 is 16.4 Å². The summed E-state index contributed by atoms with van der Waals surface area (Å²) in [5.74, 6) is 0.823. The van der Waals surface area contributed by atoms with E-state index in [9.17, 15) is 4.79 Å². The number of aromatic nitrogens is 4. The Morgan fingerprint density at radius 1 is 1.22 bits per heavy atom. The van der Waals surface area contributed by atoms with Crippen molar-refractivity contribution in [1.29, 1.82) is 0 Å². The van der Waals surface area contributed by atoms with Crippen LogP contribution in [0.2, 0.25) is 10.0 Å². The molecule has 2 aromatic heterocycles. The molecule has 170 valence electrons. The minimum Gasteiger partial charge on any atom is -0.369 e. The Hall–Kier alpha value is -2.58. The second kappa shape index (κ2) is 9.50. The lowest BCUT2D eigenvalue weighted by molar-refractivity contribution is -0.122. The standard InChI is InChI=1S/C22H27Cl2N7O/c1-3-12(2)27-21-26-11-17-20(30-21)31(14-9-7-13(8-10-14)19(25)32)22(28-17)29-18-15(23)5-4-6-16(18)24/h4-6,11-14H,3,7-10H2,1-2H3,(H2,25,32)(H,28,29)(H,26,27,30). The average Bonchev–Trinajstić information content (AvgIpc) is 3.13. The predicted octanol–water partition coefficient (Wildman–Crippen LogP) is 5.30. The molecule has 2 heterocycles. The van der Waals surface area contributed by atoms with Crippen LogP contribution in [-0.2, 0) is 4.79 Å². The Kier molecular flexibility index (Phi) is 6.71. The van der Waals surface area contributed by atoms with Gasteiger partial charge in [0.2, 0.25) is 17.8 Å². The zero-order valence-electron chi connectivity index (χ0n) is 18.1. The van der Waals surface area contributed by atoms with E-state index in [1.54, 1.807) is 24.4 Å². The fourth-order valence-corrected chi connectivity index (χ4v) is 4.56. The summed E-state index contributed by atoms with van der Waals surface area (Å²) < 4.78 is 2.08. The molecule has 0 spiro atoms. The van der Waals surface area contributed by atoms with Crippen molar-refractivity contribution in [2.45, 2.75) is 58.0 Å². The first kappa shape index (κ1) is 22.6. The number of fused-ring (bicyclic) bond motifs is 1. The van der Waals surface area contributed by atoms with Gasteiger partial charge in [0.25, 0.3) is 0 Å². The van der Waals surface area contributed by atoms with Crippen LogP contribution in [0.25, 0.3) is 11.2 Å². The molecule has 0 bridgehead atoms. The summed E-state index contributed by atoms with van der Waals surface area (Å²) in [6, 6.07) is 5.69. The molecule has 8 nitrogen and oxygen atoms in total. The van der Waals surface area contributed by atoms with E-state index in [0.717, 1.165) is 37.8 Å². The number of amides is 1. The first-order valence-corrected chi connectivity index (χ1v) is 11.6. The fourth-order valence-electron chi connectivity index (χ4n) is 4.06. The maximum absolute atomic E-state index is 11.7. The maximum Gasteiger partial charge on any atom is 0.224 e. The zero-order chi connectivity index (χ0) is 22.8. The van der Waals surface area contributed by atoms with E-state index in [2.05, 4.69) is 34.0 Å². The number of nitrogens with zero attached hydrogens (tertiary/aromatic N) is 4. The molecule has 0 saturated heterocycles. The van der Waals surface area contributed by atoms with Gasteiger partial charge in [0.15, 0.2) is 5.65 Å². The normalized spacial score (nSPS) is 19.6. The number of hydrogen-bond acceptors (Lipinski definition) is 6. The molecular weight excluding hydrogens is 449 g/mol. The highest BCUT2D eigenvalue weighted by molar-refractivity contribution is 6.39. The van der Waals surface area contributed by atoms with Gasteiger partial charge >= 0.3 is 0 Å². The molecule has 1 aliphatic carbocycles. The monoisotopic (exact) mass is 475 g/mol. The predicted molar refractivity (Wildman–Crippen MR) is 129 cm³/mol. The summed E-state index contributed by atoms with van der Waals surface area (Å²) in [6.45, 7) is 4.19. The van der Waals surface area contributed by atoms with Gasteiger partial charge < -0.3 is 16.4 Å². The average molecular weight is 476 g/mol. The van der Waals surface area contributed by atoms with Crippen molar-refractivity contribution in [2.75, 3.05) is 10.6 Å². The summed E-state index contributed by atoms with van der Waals surface area (Å²) in [4.78, 5) is 25.6. The Balaban J connectivity index is 1.76. The molecule has 10 heteroatoms. The number of hydrogen-bond donors (Lipinski definition) is 3. The summed E-state index contributed by atoms with van der Waals surface area (Å²) in [6.07, 6.45) is 5.72. The number of imidazole rings is 1. The van der Waals surface area contributed by atoms with Crippen molar-refractivity contribution in [3.63, 3.8) is 0 Å². The highest BCUT2D eigenvalue weighted by Crippen LogP contribution is 2.39. The number of rotatable bonds is 7. The minimum absolute atomic E-state index is 0.0901. The van der Waals surface area contributed by atoms with Gasteiger partial charge in [0.05, 0.1) is 21.9 Å². The molecule has 1 fully saturated rings. The van der Waals surface area contributed by atoms with Crippen molar-refractivity contribution < 1.29 is 4.79 Å². The molecule has 0 radical (unpaired) electrons. The Bertz CT molecular complexity index is 1100. The van der Waals surface area contributed by atoms with E-state index in [1.807, 2.05) is 0 Å². The molecule has 32 heavy (non-hydrogen) atoms. The van der Waals surface area contributed by atoms with Gasteiger partial charge in [-0.05, 0) is 51.2 Å². The smallest absolute Gasteiger partial charge is 0.224 e. The number of benzene rings is 1. The number of carbonyl (C=O) groups excluding carboxylic acids is 1. The first-order chi connectivity index (χ1) is 15.4. The van der Waals surface area contributed by atoms with Crippen molar-refractivity contribution in [1.82, 2.24) is 19.5 Å². The van der Waals surface area contributed by atoms with Gasteiger partial charge in [-0.1, -0.05) is 36.2 Å². The summed E-state index contributed by atoms with van der Waals surface area (Å²) >= 11 is 12.8. The fraction of sp³-hybridized carbons (Fsp3) is 0.455. The van der Waals surface area contributed by atoms with Crippen molar-refractivity contribution in [2.24, 2.45) is 11.7 Å². The molecule has 3 aromatic rings. The van der Waals surface area contributed by atoms with Crippen LogP contribution in [-0.4, -0.2) is 31.5 Å². The van der Waals surface area contributed by atoms with Crippen molar-refractivity contribution in [3.8, 4) is 0 Å². The molecule has 4 rings (SSSR count). The largest absolute Gasteiger partial charge is 0.369 e. The van der Waals surface area contributed by atoms with E-state index in [4.69, 9.17) is 38.9 Å². The second-order valence-electron chi connectivity index (χ2n) is 8.29. The highest BCUT2D eigenvalue weighted by atomic mass is 35.5.